The zero-order valence-electron chi connectivity index (χ0n) is 12.8. The molecule has 5 nitrogen and oxygen atoms in total. The Kier molecular flexibility index (Phi) is 4.25. The average molecular weight is 322 g/mol. The lowest BCUT2D eigenvalue weighted by Gasteiger charge is -2.24. The quantitative estimate of drug-likeness (QED) is 0.775. The molecule has 6 heteroatoms. The van der Waals surface area contributed by atoms with Gasteiger partial charge in [0.05, 0.1) is 12.0 Å². The first kappa shape index (κ1) is 15.5. The van der Waals surface area contributed by atoms with E-state index in [0.717, 1.165) is 25.9 Å². The van der Waals surface area contributed by atoms with E-state index >= 15 is 0 Å². The van der Waals surface area contributed by atoms with Gasteiger partial charge in [0.15, 0.2) is 0 Å². The van der Waals surface area contributed by atoms with E-state index in [1.54, 1.807) is 35.7 Å². The minimum absolute atomic E-state index is 0.0899. The number of likely N-dealkylation sites (tertiary alicyclic amines) is 1. The number of ether oxygens (including phenoxy) is 1. The summed E-state index contributed by atoms with van der Waals surface area (Å²) in [6, 6.07) is 7.05. The maximum atomic E-state index is 12.9. The van der Waals surface area contributed by atoms with Crippen LogP contribution in [0.15, 0.2) is 41.8 Å². The summed E-state index contributed by atoms with van der Waals surface area (Å²) >= 11 is 0. The second kappa shape index (κ2) is 6.02. The molecule has 2 saturated heterocycles. The lowest BCUT2D eigenvalue weighted by atomic mass is 10.1. The standard InChI is InChI=1S/C16H22N2O3S/c1-3-10-17-11-8-16-15(17)9-12-18(16)22(19,20)14-6-4-13(21-2)5-7-14/h3-7,15-16H,1,8-12H2,2H3/t15-,16+/m0/s1. The molecule has 0 aliphatic carbocycles. The molecule has 1 aromatic carbocycles. The number of methoxy groups -OCH3 is 1. The van der Waals surface area contributed by atoms with Crippen LogP contribution in [0, 0.1) is 0 Å². The molecule has 0 saturated carbocycles. The van der Waals surface area contributed by atoms with Crippen LogP contribution in [0.3, 0.4) is 0 Å². The molecule has 0 bridgehead atoms. The van der Waals surface area contributed by atoms with Crippen LogP contribution in [-0.2, 0) is 10.0 Å². The second-order valence-corrected chi connectivity index (χ2v) is 7.68. The van der Waals surface area contributed by atoms with E-state index in [1.165, 1.54) is 0 Å². The SMILES string of the molecule is C=CCN1CC[C@@H]2[C@@H]1CCN2S(=O)(=O)c1ccc(OC)cc1. The summed E-state index contributed by atoms with van der Waals surface area (Å²) in [5, 5.41) is 0. The maximum Gasteiger partial charge on any atom is 0.243 e. The predicted octanol–water partition coefficient (Wildman–Crippen LogP) is 1.72. The van der Waals surface area contributed by atoms with Gasteiger partial charge in [0.25, 0.3) is 0 Å². The smallest absolute Gasteiger partial charge is 0.243 e. The van der Waals surface area contributed by atoms with Crippen LogP contribution in [0.25, 0.3) is 0 Å². The largest absolute Gasteiger partial charge is 0.497 e. The molecular formula is C16H22N2O3S. The van der Waals surface area contributed by atoms with E-state index in [0.29, 0.717) is 23.2 Å². The third-order valence-corrected chi connectivity index (χ3v) is 6.61. The van der Waals surface area contributed by atoms with Crippen molar-refractivity contribution in [1.29, 1.82) is 0 Å². The molecule has 0 unspecified atom stereocenters. The Morgan fingerprint density at radius 3 is 2.55 bits per heavy atom. The zero-order chi connectivity index (χ0) is 15.7. The summed E-state index contributed by atoms with van der Waals surface area (Å²) in [4.78, 5) is 2.68. The molecule has 2 aliphatic heterocycles. The van der Waals surface area contributed by atoms with Crippen molar-refractivity contribution >= 4 is 10.0 Å². The minimum atomic E-state index is -3.43. The number of rotatable bonds is 5. The summed E-state index contributed by atoms with van der Waals surface area (Å²) in [6.07, 6.45) is 3.69. The van der Waals surface area contributed by atoms with Gasteiger partial charge in [0.1, 0.15) is 5.75 Å². The fourth-order valence-corrected chi connectivity index (χ4v) is 5.31. The third kappa shape index (κ3) is 2.55. The highest BCUT2D eigenvalue weighted by molar-refractivity contribution is 7.89. The van der Waals surface area contributed by atoms with Crippen molar-refractivity contribution in [2.24, 2.45) is 0 Å². The molecule has 22 heavy (non-hydrogen) atoms. The van der Waals surface area contributed by atoms with Gasteiger partial charge >= 0.3 is 0 Å². The molecule has 2 aliphatic rings. The van der Waals surface area contributed by atoms with E-state index in [4.69, 9.17) is 4.74 Å². The first-order valence-corrected chi connectivity index (χ1v) is 9.03. The molecule has 0 spiro atoms. The average Bonchev–Trinajstić information content (AvgIpc) is 3.11. The van der Waals surface area contributed by atoms with Crippen LogP contribution >= 0.6 is 0 Å². The Morgan fingerprint density at radius 1 is 1.23 bits per heavy atom. The van der Waals surface area contributed by atoms with Crippen molar-refractivity contribution in [2.75, 3.05) is 26.7 Å². The van der Waals surface area contributed by atoms with Crippen molar-refractivity contribution in [1.82, 2.24) is 9.21 Å². The van der Waals surface area contributed by atoms with Gasteiger partial charge in [-0.3, -0.25) is 4.90 Å². The zero-order valence-corrected chi connectivity index (χ0v) is 13.6. The Hall–Kier alpha value is -1.37. The fraction of sp³-hybridized carbons (Fsp3) is 0.500. The van der Waals surface area contributed by atoms with E-state index < -0.39 is 10.0 Å². The summed E-state index contributed by atoms with van der Waals surface area (Å²) < 4.78 is 32.6. The van der Waals surface area contributed by atoms with E-state index in [1.807, 2.05) is 6.08 Å². The molecule has 2 atom stereocenters. The third-order valence-electron chi connectivity index (χ3n) is 4.67. The van der Waals surface area contributed by atoms with Gasteiger partial charge in [-0.1, -0.05) is 6.08 Å². The summed E-state index contributed by atoms with van der Waals surface area (Å²) in [7, 11) is -1.86. The molecule has 2 heterocycles. The molecule has 0 aromatic heterocycles. The van der Waals surface area contributed by atoms with Crippen molar-refractivity contribution < 1.29 is 13.2 Å². The van der Waals surface area contributed by atoms with Gasteiger partial charge in [-0.25, -0.2) is 8.42 Å². The molecular weight excluding hydrogens is 300 g/mol. The predicted molar refractivity (Wildman–Crippen MR) is 85.5 cm³/mol. The van der Waals surface area contributed by atoms with E-state index in [2.05, 4.69) is 11.5 Å². The lowest BCUT2D eigenvalue weighted by Crippen LogP contribution is -2.39. The number of hydrogen-bond acceptors (Lipinski definition) is 4. The Balaban J connectivity index is 1.82. The van der Waals surface area contributed by atoms with Crippen LogP contribution in [0.4, 0.5) is 0 Å². The molecule has 1 aromatic rings. The Morgan fingerprint density at radius 2 is 1.91 bits per heavy atom. The normalized spacial score (nSPS) is 26.0. The minimum Gasteiger partial charge on any atom is -0.497 e. The van der Waals surface area contributed by atoms with Crippen LogP contribution in [-0.4, -0.2) is 56.5 Å². The van der Waals surface area contributed by atoms with Crippen molar-refractivity contribution in [2.45, 2.75) is 29.8 Å². The molecule has 2 fully saturated rings. The summed E-state index contributed by atoms with van der Waals surface area (Å²) in [5.41, 5.74) is 0. The first-order valence-electron chi connectivity index (χ1n) is 7.59. The van der Waals surface area contributed by atoms with Gasteiger partial charge in [-0.05, 0) is 37.1 Å². The van der Waals surface area contributed by atoms with Gasteiger partial charge in [-0.2, -0.15) is 4.31 Å². The van der Waals surface area contributed by atoms with Gasteiger partial charge in [-0.15, -0.1) is 6.58 Å². The van der Waals surface area contributed by atoms with Crippen LogP contribution in [0.2, 0.25) is 0 Å². The van der Waals surface area contributed by atoms with Gasteiger partial charge in [0.2, 0.25) is 10.0 Å². The highest BCUT2D eigenvalue weighted by Gasteiger charge is 2.46. The van der Waals surface area contributed by atoms with Gasteiger partial charge in [0, 0.05) is 31.7 Å². The van der Waals surface area contributed by atoms with E-state index in [9.17, 15) is 8.42 Å². The topological polar surface area (TPSA) is 49.9 Å². The monoisotopic (exact) mass is 322 g/mol. The van der Waals surface area contributed by atoms with Crippen LogP contribution in [0.5, 0.6) is 5.75 Å². The van der Waals surface area contributed by atoms with Crippen molar-refractivity contribution in [3.8, 4) is 5.75 Å². The van der Waals surface area contributed by atoms with Crippen LogP contribution < -0.4 is 4.74 Å². The molecule has 3 rings (SSSR count). The highest BCUT2D eigenvalue weighted by Crippen LogP contribution is 2.35. The molecule has 0 N–H and O–H groups in total. The number of fused-ring (bicyclic) bond motifs is 1. The van der Waals surface area contributed by atoms with E-state index in [-0.39, 0.29) is 6.04 Å². The lowest BCUT2D eigenvalue weighted by molar-refractivity contribution is 0.273. The van der Waals surface area contributed by atoms with Gasteiger partial charge < -0.3 is 4.74 Å². The second-order valence-electron chi connectivity index (χ2n) is 5.79. The number of benzene rings is 1. The van der Waals surface area contributed by atoms with Crippen LogP contribution in [0.1, 0.15) is 12.8 Å². The maximum absolute atomic E-state index is 12.9. The van der Waals surface area contributed by atoms with Crippen molar-refractivity contribution in [3.05, 3.63) is 36.9 Å². The number of nitrogens with zero attached hydrogens (tertiary/aromatic N) is 2. The molecule has 0 radical (unpaired) electrons. The number of hydrogen-bond donors (Lipinski definition) is 0. The highest BCUT2D eigenvalue weighted by atomic mass is 32.2. The number of sulfonamides is 1. The Bertz CT molecular complexity index is 642. The Labute approximate surface area is 132 Å². The first-order chi connectivity index (χ1) is 10.6. The summed E-state index contributed by atoms with van der Waals surface area (Å²) in [5.74, 6) is 0.663. The molecule has 0 amide bonds. The molecule has 120 valence electrons. The van der Waals surface area contributed by atoms with Crippen molar-refractivity contribution in [3.63, 3.8) is 0 Å². The fourth-order valence-electron chi connectivity index (χ4n) is 3.61. The summed E-state index contributed by atoms with van der Waals surface area (Å²) in [6.45, 7) is 6.15.